The summed E-state index contributed by atoms with van der Waals surface area (Å²) in [4.78, 5) is 17.3. The largest absolute Gasteiger partial charge is 0.345 e. The zero-order valence-electron chi connectivity index (χ0n) is 10.1. The minimum Gasteiger partial charge on any atom is -0.345 e. The Morgan fingerprint density at radius 1 is 1.56 bits per heavy atom. The maximum absolute atomic E-state index is 11.5. The fraction of sp³-hybridized carbons (Fsp3) is 0.700. The van der Waals surface area contributed by atoms with E-state index in [0.29, 0.717) is 13.1 Å². The van der Waals surface area contributed by atoms with E-state index in [1.807, 2.05) is 13.8 Å². The molecule has 1 rings (SSSR count). The number of carbonyl (C=O) groups excluding carboxylic acids is 1. The Bertz CT molecular complexity index is 336. The Kier molecular flexibility index (Phi) is 4.91. The molecular formula is C10H19N5O. The van der Waals surface area contributed by atoms with Crippen molar-refractivity contribution in [2.24, 2.45) is 0 Å². The highest BCUT2D eigenvalue weighted by atomic mass is 16.2. The fourth-order valence-electron chi connectivity index (χ4n) is 1.28. The lowest BCUT2D eigenvalue weighted by Crippen LogP contribution is -2.35. The van der Waals surface area contributed by atoms with Crippen LogP contribution in [0.5, 0.6) is 0 Å². The molecule has 0 atom stereocenters. The summed E-state index contributed by atoms with van der Waals surface area (Å²) in [5, 5.41) is 7.12. The Hall–Kier alpha value is -1.43. The topological polar surface area (TPSA) is 63.1 Å². The van der Waals surface area contributed by atoms with Gasteiger partial charge in [-0.25, -0.2) is 9.67 Å². The first-order chi connectivity index (χ1) is 7.69. The van der Waals surface area contributed by atoms with Gasteiger partial charge in [0.2, 0.25) is 5.91 Å². The van der Waals surface area contributed by atoms with Crippen molar-refractivity contribution in [3.8, 4) is 0 Å². The summed E-state index contributed by atoms with van der Waals surface area (Å²) in [6.45, 7) is 6.38. The van der Waals surface area contributed by atoms with Gasteiger partial charge in [0, 0.05) is 20.1 Å². The molecule has 6 nitrogen and oxygen atoms in total. The molecule has 0 bridgehead atoms. The van der Waals surface area contributed by atoms with Crippen molar-refractivity contribution in [1.29, 1.82) is 0 Å². The lowest BCUT2D eigenvalue weighted by atomic mass is 10.4. The highest BCUT2D eigenvalue weighted by Gasteiger charge is 2.07. The highest BCUT2D eigenvalue weighted by Crippen LogP contribution is 1.92. The zero-order valence-corrected chi connectivity index (χ0v) is 10.1. The van der Waals surface area contributed by atoms with Crippen molar-refractivity contribution >= 4 is 5.91 Å². The van der Waals surface area contributed by atoms with E-state index in [0.717, 1.165) is 18.9 Å². The van der Waals surface area contributed by atoms with Gasteiger partial charge < -0.3 is 10.2 Å². The van der Waals surface area contributed by atoms with Crippen LogP contribution in [-0.4, -0.2) is 45.7 Å². The molecule has 1 aromatic rings. The normalized spacial score (nSPS) is 10.4. The Morgan fingerprint density at radius 2 is 2.31 bits per heavy atom. The summed E-state index contributed by atoms with van der Waals surface area (Å²) in [7, 11) is 1.79. The first kappa shape index (κ1) is 12.6. The van der Waals surface area contributed by atoms with Crippen LogP contribution in [-0.2, 0) is 17.9 Å². The van der Waals surface area contributed by atoms with Crippen LogP contribution in [0.25, 0.3) is 0 Å². The van der Waals surface area contributed by atoms with Crippen molar-refractivity contribution in [2.45, 2.75) is 26.9 Å². The number of rotatable bonds is 6. The van der Waals surface area contributed by atoms with Crippen molar-refractivity contribution in [1.82, 2.24) is 25.0 Å². The van der Waals surface area contributed by atoms with Gasteiger partial charge in [-0.05, 0) is 13.8 Å². The molecular weight excluding hydrogens is 206 g/mol. The number of hydrogen-bond acceptors (Lipinski definition) is 4. The van der Waals surface area contributed by atoms with E-state index in [4.69, 9.17) is 0 Å². The average Bonchev–Trinajstić information content (AvgIpc) is 2.75. The number of likely N-dealkylation sites (N-methyl/N-ethyl adjacent to an activating group) is 1. The van der Waals surface area contributed by atoms with Crippen LogP contribution < -0.4 is 5.32 Å². The Labute approximate surface area is 95.6 Å². The minimum absolute atomic E-state index is 0.0880. The summed E-state index contributed by atoms with van der Waals surface area (Å²) >= 11 is 0. The molecule has 0 saturated heterocycles. The molecule has 16 heavy (non-hydrogen) atoms. The standard InChI is InChI=1S/C10H19N5O/c1-4-14(3)10(16)7-11-6-9-12-8-13-15(9)5-2/h8,11H,4-7H2,1-3H3. The number of aromatic nitrogens is 3. The molecule has 0 unspecified atom stereocenters. The fourth-order valence-corrected chi connectivity index (χ4v) is 1.28. The van der Waals surface area contributed by atoms with E-state index in [-0.39, 0.29) is 5.91 Å². The SMILES string of the molecule is CCN(C)C(=O)CNCc1ncnn1CC. The predicted octanol–water partition coefficient (Wildman–Crippen LogP) is -0.134. The molecule has 0 saturated carbocycles. The molecule has 0 aliphatic carbocycles. The second-order valence-corrected chi connectivity index (χ2v) is 3.50. The van der Waals surface area contributed by atoms with Crippen LogP contribution in [0.2, 0.25) is 0 Å². The Balaban J connectivity index is 2.33. The predicted molar refractivity (Wildman–Crippen MR) is 60.7 cm³/mol. The highest BCUT2D eigenvalue weighted by molar-refractivity contribution is 5.77. The summed E-state index contributed by atoms with van der Waals surface area (Å²) < 4.78 is 1.81. The van der Waals surface area contributed by atoms with E-state index < -0.39 is 0 Å². The van der Waals surface area contributed by atoms with E-state index in [1.54, 1.807) is 16.6 Å². The van der Waals surface area contributed by atoms with Gasteiger partial charge in [0.15, 0.2) is 0 Å². The summed E-state index contributed by atoms with van der Waals surface area (Å²) in [5.41, 5.74) is 0. The number of carbonyl (C=O) groups is 1. The molecule has 1 aromatic heterocycles. The lowest BCUT2D eigenvalue weighted by molar-refractivity contribution is -0.128. The second kappa shape index (κ2) is 6.22. The van der Waals surface area contributed by atoms with Gasteiger partial charge in [0.1, 0.15) is 12.2 Å². The summed E-state index contributed by atoms with van der Waals surface area (Å²) in [6.07, 6.45) is 1.53. The van der Waals surface area contributed by atoms with Gasteiger partial charge in [-0.1, -0.05) is 0 Å². The van der Waals surface area contributed by atoms with Gasteiger partial charge in [0.25, 0.3) is 0 Å². The molecule has 90 valence electrons. The van der Waals surface area contributed by atoms with Gasteiger partial charge in [0.05, 0.1) is 13.1 Å². The van der Waals surface area contributed by atoms with E-state index in [1.165, 1.54) is 6.33 Å². The van der Waals surface area contributed by atoms with E-state index >= 15 is 0 Å². The minimum atomic E-state index is 0.0880. The van der Waals surface area contributed by atoms with Gasteiger partial charge in [-0.2, -0.15) is 5.10 Å². The van der Waals surface area contributed by atoms with Crippen molar-refractivity contribution in [3.05, 3.63) is 12.2 Å². The van der Waals surface area contributed by atoms with Crippen LogP contribution in [0.15, 0.2) is 6.33 Å². The summed E-state index contributed by atoms with van der Waals surface area (Å²) in [6, 6.07) is 0. The molecule has 1 N–H and O–H groups in total. The maximum Gasteiger partial charge on any atom is 0.236 e. The van der Waals surface area contributed by atoms with E-state index in [9.17, 15) is 4.79 Å². The molecule has 0 aromatic carbocycles. The van der Waals surface area contributed by atoms with Crippen molar-refractivity contribution < 1.29 is 4.79 Å². The number of amides is 1. The molecule has 1 heterocycles. The third-order valence-corrected chi connectivity index (χ3v) is 2.45. The molecule has 0 fully saturated rings. The first-order valence-electron chi connectivity index (χ1n) is 5.50. The quantitative estimate of drug-likeness (QED) is 0.732. The molecule has 0 spiro atoms. The zero-order chi connectivity index (χ0) is 12.0. The van der Waals surface area contributed by atoms with Crippen molar-refractivity contribution in [3.63, 3.8) is 0 Å². The molecule has 0 aliphatic rings. The second-order valence-electron chi connectivity index (χ2n) is 3.50. The van der Waals surface area contributed by atoms with Crippen LogP contribution >= 0.6 is 0 Å². The lowest BCUT2D eigenvalue weighted by Gasteiger charge is -2.14. The maximum atomic E-state index is 11.5. The third-order valence-electron chi connectivity index (χ3n) is 2.45. The molecule has 0 radical (unpaired) electrons. The summed E-state index contributed by atoms with van der Waals surface area (Å²) in [5.74, 6) is 0.944. The van der Waals surface area contributed by atoms with Gasteiger partial charge in [-0.15, -0.1) is 0 Å². The first-order valence-corrected chi connectivity index (χ1v) is 5.50. The van der Waals surface area contributed by atoms with Gasteiger partial charge >= 0.3 is 0 Å². The van der Waals surface area contributed by atoms with E-state index in [2.05, 4.69) is 15.4 Å². The Morgan fingerprint density at radius 3 is 2.94 bits per heavy atom. The molecule has 1 amide bonds. The number of hydrogen-bond donors (Lipinski definition) is 1. The molecule has 0 aliphatic heterocycles. The van der Waals surface area contributed by atoms with Crippen LogP contribution in [0.1, 0.15) is 19.7 Å². The smallest absolute Gasteiger partial charge is 0.236 e. The van der Waals surface area contributed by atoms with Crippen LogP contribution in [0.4, 0.5) is 0 Å². The monoisotopic (exact) mass is 225 g/mol. The molecule has 6 heteroatoms. The van der Waals surface area contributed by atoms with Crippen LogP contribution in [0.3, 0.4) is 0 Å². The number of nitrogens with one attached hydrogen (secondary N) is 1. The van der Waals surface area contributed by atoms with Crippen LogP contribution in [0, 0.1) is 0 Å². The third kappa shape index (κ3) is 3.30. The number of aryl methyl sites for hydroxylation is 1. The average molecular weight is 225 g/mol. The van der Waals surface area contributed by atoms with Crippen molar-refractivity contribution in [2.75, 3.05) is 20.1 Å². The number of nitrogens with zero attached hydrogens (tertiary/aromatic N) is 4. The van der Waals surface area contributed by atoms with Gasteiger partial charge in [-0.3, -0.25) is 4.79 Å².